The lowest BCUT2D eigenvalue weighted by Crippen LogP contribution is -1.96. The molecule has 0 saturated heterocycles. The van der Waals surface area contributed by atoms with Crippen molar-refractivity contribution in [2.24, 2.45) is 0 Å². The molecule has 108 valence electrons. The number of nitrogen functional groups attached to an aromatic ring is 1. The molecule has 2 aromatic rings. The van der Waals surface area contributed by atoms with Crippen LogP contribution in [-0.4, -0.2) is 26.5 Å². The van der Waals surface area contributed by atoms with Crippen LogP contribution in [0.25, 0.3) is 11.3 Å². The number of nitrogens with zero attached hydrogens (tertiary/aromatic N) is 1. The monoisotopic (exact) mass is 278 g/mol. The van der Waals surface area contributed by atoms with Gasteiger partial charge in [0.1, 0.15) is 5.69 Å². The lowest BCUT2D eigenvalue weighted by molar-refractivity contribution is 0.324. The number of anilines is 1. The molecule has 2 N–H and O–H groups in total. The Bertz CT molecular complexity index is 582. The summed E-state index contributed by atoms with van der Waals surface area (Å²) in [6, 6.07) is 3.63. The van der Waals surface area contributed by atoms with Gasteiger partial charge in [0.15, 0.2) is 11.5 Å². The lowest BCUT2D eigenvalue weighted by Gasteiger charge is -2.13. The molecule has 1 heterocycles. The first-order valence-electron chi connectivity index (χ1n) is 6.20. The van der Waals surface area contributed by atoms with Crippen LogP contribution in [0.4, 0.5) is 5.88 Å². The SMILES string of the molecule is CCc1c(-c2cc(OC)c(OC)c(OC)c2)noc1N. The minimum Gasteiger partial charge on any atom is -0.493 e. The van der Waals surface area contributed by atoms with Crippen LogP contribution in [0.5, 0.6) is 17.2 Å². The molecule has 0 saturated carbocycles. The summed E-state index contributed by atoms with van der Waals surface area (Å²) < 4.78 is 21.0. The zero-order chi connectivity index (χ0) is 14.7. The third kappa shape index (κ3) is 2.24. The molecule has 0 atom stereocenters. The van der Waals surface area contributed by atoms with E-state index in [0.29, 0.717) is 28.8 Å². The Kier molecular flexibility index (Phi) is 4.02. The quantitative estimate of drug-likeness (QED) is 0.905. The van der Waals surface area contributed by atoms with Gasteiger partial charge in [-0.15, -0.1) is 0 Å². The molecule has 20 heavy (non-hydrogen) atoms. The van der Waals surface area contributed by atoms with E-state index >= 15 is 0 Å². The number of ether oxygens (including phenoxy) is 3. The van der Waals surface area contributed by atoms with Crippen molar-refractivity contribution in [3.8, 4) is 28.5 Å². The first-order valence-corrected chi connectivity index (χ1v) is 6.20. The summed E-state index contributed by atoms with van der Waals surface area (Å²) in [5.74, 6) is 1.99. The topological polar surface area (TPSA) is 79.7 Å². The average molecular weight is 278 g/mol. The van der Waals surface area contributed by atoms with Crippen molar-refractivity contribution >= 4 is 5.88 Å². The fraction of sp³-hybridized carbons (Fsp3) is 0.357. The highest BCUT2D eigenvalue weighted by Crippen LogP contribution is 2.42. The van der Waals surface area contributed by atoms with Crippen molar-refractivity contribution in [3.63, 3.8) is 0 Å². The predicted molar refractivity (Wildman–Crippen MR) is 75.4 cm³/mol. The second kappa shape index (κ2) is 5.73. The highest BCUT2D eigenvalue weighted by Gasteiger charge is 2.19. The van der Waals surface area contributed by atoms with E-state index in [0.717, 1.165) is 17.5 Å². The molecular weight excluding hydrogens is 260 g/mol. The van der Waals surface area contributed by atoms with Gasteiger partial charge in [-0.3, -0.25) is 0 Å². The van der Waals surface area contributed by atoms with Gasteiger partial charge in [0, 0.05) is 11.1 Å². The van der Waals surface area contributed by atoms with Gasteiger partial charge in [0.05, 0.1) is 21.3 Å². The van der Waals surface area contributed by atoms with Crippen molar-refractivity contribution in [2.75, 3.05) is 27.1 Å². The number of hydrogen-bond acceptors (Lipinski definition) is 6. The van der Waals surface area contributed by atoms with E-state index in [1.807, 2.05) is 19.1 Å². The molecule has 0 unspecified atom stereocenters. The maximum atomic E-state index is 5.77. The third-order valence-electron chi connectivity index (χ3n) is 3.11. The van der Waals surface area contributed by atoms with Crippen LogP contribution < -0.4 is 19.9 Å². The van der Waals surface area contributed by atoms with E-state index in [1.54, 1.807) is 21.3 Å². The van der Waals surface area contributed by atoms with Crippen LogP contribution in [0, 0.1) is 0 Å². The summed E-state index contributed by atoms with van der Waals surface area (Å²) in [4.78, 5) is 0. The van der Waals surface area contributed by atoms with E-state index in [-0.39, 0.29) is 0 Å². The van der Waals surface area contributed by atoms with Gasteiger partial charge in [-0.1, -0.05) is 12.1 Å². The van der Waals surface area contributed by atoms with E-state index < -0.39 is 0 Å². The number of benzene rings is 1. The van der Waals surface area contributed by atoms with Crippen LogP contribution in [0.15, 0.2) is 16.7 Å². The van der Waals surface area contributed by atoms with Gasteiger partial charge in [-0.2, -0.15) is 0 Å². The molecule has 0 radical (unpaired) electrons. The number of nitrogens with two attached hydrogens (primary N) is 1. The Labute approximate surface area is 117 Å². The summed E-state index contributed by atoms with van der Waals surface area (Å²) in [5.41, 5.74) is 8.12. The molecule has 0 aliphatic rings. The van der Waals surface area contributed by atoms with Crippen LogP contribution in [-0.2, 0) is 6.42 Å². The molecule has 0 fully saturated rings. The summed E-state index contributed by atoms with van der Waals surface area (Å²) in [5, 5.41) is 4.01. The standard InChI is InChI=1S/C14H18N2O4/c1-5-9-12(16-20-14(9)15)8-6-10(17-2)13(19-4)11(7-8)18-3/h6-7H,5,15H2,1-4H3. The van der Waals surface area contributed by atoms with Crippen molar-refractivity contribution < 1.29 is 18.7 Å². The zero-order valence-electron chi connectivity index (χ0n) is 12.0. The molecule has 0 aliphatic heterocycles. The predicted octanol–water partition coefficient (Wildman–Crippen LogP) is 2.51. The number of rotatable bonds is 5. The summed E-state index contributed by atoms with van der Waals surface area (Å²) in [6.45, 7) is 1.99. The largest absolute Gasteiger partial charge is 0.493 e. The lowest BCUT2D eigenvalue weighted by atomic mass is 10.0. The van der Waals surface area contributed by atoms with E-state index in [1.165, 1.54) is 0 Å². The zero-order valence-corrected chi connectivity index (χ0v) is 12.0. The molecule has 0 amide bonds. The first-order chi connectivity index (χ1) is 9.65. The Balaban J connectivity index is 2.62. The molecular formula is C14H18N2O4. The van der Waals surface area contributed by atoms with E-state index in [9.17, 15) is 0 Å². The Morgan fingerprint density at radius 2 is 1.70 bits per heavy atom. The van der Waals surface area contributed by atoms with Crippen molar-refractivity contribution in [2.45, 2.75) is 13.3 Å². The first kappa shape index (κ1) is 14.0. The number of aromatic nitrogens is 1. The van der Waals surface area contributed by atoms with Gasteiger partial charge in [-0.25, -0.2) is 0 Å². The average Bonchev–Trinajstić information content (AvgIpc) is 2.86. The minimum absolute atomic E-state index is 0.330. The third-order valence-corrected chi connectivity index (χ3v) is 3.11. The molecule has 2 rings (SSSR count). The molecule has 6 nitrogen and oxygen atoms in total. The van der Waals surface area contributed by atoms with Crippen LogP contribution in [0.2, 0.25) is 0 Å². The highest BCUT2D eigenvalue weighted by molar-refractivity contribution is 5.72. The van der Waals surface area contributed by atoms with Crippen LogP contribution in [0.3, 0.4) is 0 Å². The summed E-state index contributed by atoms with van der Waals surface area (Å²) in [6.07, 6.45) is 0.724. The molecule has 6 heteroatoms. The van der Waals surface area contributed by atoms with Gasteiger partial charge in [0.2, 0.25) is 11.6 Å². The molecule has 0 aliphatic carbocycles. The normalized spacial score (nSPS) is 10.4. The van der Waals surface area contributed by atoms with Crippen molar-refractivity contribution in [1.82, 2.24) is 5.16 Å². The van der Waals surface area contributed by atoms with Gasteiger partial charge in [0.25, 0.3) is 0 Å². The molecule has 0 bridgehead atoms. The number of hydrogen-bond donors (Lipinski definition) is 1. The van der Waals surface area contributed by atoms with Gasteiger partial charge >= 0.3 is 0 Å². The number of methoxy groups -OCH3 is 3. The second-order valence-electron chi connectivity index (χ2n) is 4.14. The van der Waals surface area contributed by atoms with E-state index in [4.69, 9.17) is 24.5 Å². The van der Waals surface area contributed by atoms with Gasteiger partial charge < -0.3 is 24.5 Å². The maximum Gasteiger partial charge on any atom is 0.225 e. The summed E-state index contributed by atoms with van der Waals surface area (Å²) in [7, 11) is 4.70. The fourth-order valence-corrected chi connectivity index (χ4v) is 2.11. The van der Waals surface area contributed by atoms with Gasteiger partial charge in [-0.05, 0) is 18.6 Å². The summed E-state index contributed by atoms with van der Waals surface area (Å²) >= 11 is 0. The van der Waals surface area contributed by atoms with E-state index in [2.05, 4.69) is 5.16 Å². The fourth-order valence-electron chi connectivity index (χ4n) is 2.11. The molecule has 0 spiro atoms. The van der Waals surface area contributed by atoms with Crippen LogP contribution >= 0.6 is 0 Å². The minimum atomic E-state index is 0.330. The maximum absolute atomic E-state index is 5.77. The van der Waals surface area contributed by atoms with Crippen molar-refractivity contribution in [1.29, 1.82) is 0 Å². The van der Waals surface area contributed by atoms with Crippen LogP contribution in [0.1, 0.15) is 12.5 Å². The molecule has 1 aromatic carbocycles. The molecule has 1 aromatic heterocycles. The smallest absolute Gasteiger partial charge is 0.225 e. The Morgan fingerprint density at radius 3 is 2.15 bits per heavy atom. The highest BCUT2D eigenvalue weighted by atomic mass is 16.5. The van der Waals surface area contributed by atoms with Crippen molar-refractivity contribution in [3.05, 3.63) is 17.7 Å². The Hall–Kier alpha value is -2.37. The second-order valence-corrected chi connectivity index (χ2v) is 4.14. The Morgan fingerprint density at radius 1 is 1.10 bits per heavy atom.